The van der Waals surface area contributed by atoms with Crippen molar-refractivity contribution in [3.8, 4) is 0 Å². The van der Waals surface area contributed by atoms with E-state index in [4.69, 9.17) is 4.74 Å². The molecule has 0 bridgehead atoms. The van der Waals surface area contributed by atoms with Gasteiger partial charge >= 0.3 is 0 Å². The normalized spacial score (nSPS) is 21.9. The molecule has 108 valence electrons. The smallest absolute Gasteiger partial charge is 0.220 e. The number of hydrogen-bond acceptors (Lipinski definition) is 4. The van der Waals surface area contributed by atoms with Gasteiger partial charge in [0.25, 0.3) is 0 Å². The molecule has 1 aliphatic rings. The summed E-state index contributed by atoms with van der Waals surface area (Å²) in [5.74, 6) is 0.0919. The maximum Gasteiger partial charge on any atom is 0.220 e. The van der Waals surface area contributed by atoms with Gasteiger partial charge < -0.3 is 15.4 Å². The molecule has 0 unspecified atom stereocenters. The van der Waals surface area contributed by atoms with Crippen molar-refractivity contribution in [2.24, 2.45) is 0 Å². The zero-order valence-corrected chi connectivity index (χ0v) is 11.8. The number of nitrogens with one attached hydrogen (secondary N) is 3. The third-order valence-electron chi connectivity index (χ3n) is 3.23. The number of aromatic nitrogens is 2. The topological polar surface area (TPSA) is 79.0 Å². The lowest BCUT2D eigenvalue weighted by molar-refractivity contribution is -0.122. The molecule has 0 radical (unpaired) electrons. The minimum Gasteiger partial charge on any atom is -0.378 e. The fraction of sp³-hybridized carbons (Fsp3) is 0.667. The highest BCUT2D eigenvalue weighted by Gasteiger charge is 2.27. The number of ether oxygens (including phenoxy) is 1. The zero-order valence-electron chi connectivity index (χ0n) is 11.0. The highest BCUT2D eigenvalue weighted by atomic mass is 35.5. The van der Waals surface area contributed by atoms with Gasteiger partial charge in [-0.2, -0.15) is 5.10 Å². The number of carbonyl (C=O) groups is 1. The van der Waals surface area contributed by atoms with Crippen molar-refractivity contribution in [3.63, 3.8) is 0 Å². The summed E-state index contributed by atoms with van der Waals surface area (Å²) in [5.41, 5.74) is 1.14. The molecule has 19 heavy (non-hydrogen) atoms. The molecular weight excluding hydrogens is 268 g/mol. The number of aromatic amines is 1. The summed E-state index contributed by atoms with van der Waals surface area (Å²) in [6, 6.07) is 0.0939. The van der Waals surface area contributed by atoms with Crippen molar-refractivity contribution in [1.82, 2.24) is 20.8 Å². The summed E-state index contributed by atoms with van der Waals surface area (Å²) in [6.45, 7) is 1.59. The fourth-order valence-corrected chi connectivity index (χ4v) is 2.19. The van der Waals surface area contributed by atoms with Crippen LogP contribution < -0.4 is 10.6 Å². The Morgan fingerprint density at radius 1 is 1.58 bits per heavy atom. The van der Waals surface area contributed by atoms with E-state index in [1.165, 1.54) is 0 Å². The summed E-state index contributed by atoms with van der Waals surface area (Å²) >= 11 is 0. The highest BCUT2D eigenvalue weighted by Crippen LogP contribution is 2.06. The molecule has 0 aliphatic carbocycles. The predicted octanol–water partition coefficient (Wildman–Crippen LogP) is 0.257. The molecule has 1 aliphatic heterocycles. The second-order valence-electron chi connectivity index (χ2n) is 4.57. The number of halogens is 1. The van der Waals surface area contributed by atoms with Gasteiger partial charge in [-0.05, 0) is 18.4 Å². The van der Waals surface area contributed by atoms with Gasteiger partial charge in [0, 0.05) is 32.8 Å². The van der Waals surface area contributed by atoms with Crippen LogP contribution in [0.25, 0.3) is 0 Å². The molecule has 1 fully saturated rings. The Morgan fingerprint density at radius 3 is 3.11 bits per heavy atom. The van der Waals surface area contributed by atoms with Crippen molar-refractivity contribution < 1.29 is 9.53 Å². The van der Waals surface area contributed by atoms with E-state index >= 15 is 0 Å². The molecule has 1 saturated heterocycles. The predicted molar refractivity (Wildman–Crippen MR) is 74.4 cm³/mol. The van der Waals surface area contributed by atoms with Crippen LogP contribution in [0.5, 0.6) is 0 Å². The van der Waals surface area contributed by atoms with Crippen LogP contribution >= 0.6 is 12.4 Å². The van der Waals surface area contributed by atoms with Crippen molar-refractivity contribution in [1.29, 1.82) is 0 Å². The summed E-state index contributed by atoms with van der Waals surface area (Å²) in [5, 5.41) is 12.9. The number of aryl methyl sites for hydroxylation is 1. The van der Waals surface area contributed by atoms with Crippen LogP contribution in [0.3, 0.4) is 0 Å². The second-order valence-corrected chi connectivity index (χ2v) is 4.57. The summed E-state index contributed by atoms with van der Waals surface area (Å²) in [4.78, 5) is 11.8. The first-order valence-corrected chi connectivity index (χ1v) is 6.30. The molecule has 1 aromatic heterocycles. The Kier molecular flexibility index (Phi) is 6.83. The van der Waals surface area contributed by atoms with Crippen LogP contribution in [-0.2, 0) is 16.0 Å². The average molecular weight is 289 g/mol. The molecule has 2 rings (SSSR count). The summed E-state index contributed by atoms with van der Waals surface area (Å²) in [6.07, 6.45) is 5.99. The third-order valence-corrected chi connectivity index (χ3v) is 3.23. The zero-order chi connectivity index (χ0) is 12.8. The Balaban J connectivity index is 0.00000180. The first-order chi connectivity index (χ1) is 8.79. The van der Waals surface area contributed by atoms with Crippen LogP contribution in [0.2, 0.25) is 0 Å². The first kappa shape index (κ1) is 15.9. The molecule has 7 heteroatoms. The second kappa shape index (κ2) is 8.14. The maximum atomic E-state index is 11.8. The lowest BCUT2D eigenvalue weighted by Crippen LogP contribution is -2.43. The molecule has 3 N–H and O–H groups in total. The van der Waals surface area contributed by atoms with Crippen LogP contribution in [0.4, 0.5) is 0 Å². The quantitative estimate of drug-likeness (QED) is 0.701. The van der Waals surface area contributed by atoms with Crippen LogP contribution in [-0.4, -0.2) is 48.4 Å². The number of rotatable bonds is 6. The van der Waals surface area contributed by atoms with Gasteiger partial charge in [-0.3, -0.25) is 9.89 Å². The minimum atomic E-state index is 0. The highest BCUT2D eigenvalue weighted by molar-refractivity contribution is 5.85. The molecule has 0 saturated carbocycles. The van der Waals surface area contributed by atoms with Gasteiger partial charge in [-0.1, -0.05) is 0 Å². The monoisotopic (exact) mass is 288 g/mol. The number of hydrogen-bond donors (Lipinski definition) is 3. The molecule has 1 aromatic rings. The molecule has 1 amide bonds. The lowest BCUT2D eigenvalue weighted by Gasteiger charge is -2.18. The Labute approximate surface area is 119 Å². The minimum absolute atomic E-state index is 0. The number of H-pyrrole nitrogens is 1. The van der Waals surface area contributed by atoms with Gasteiger partial charge in [0.05, 0.1) is 18.3 Å². The van der Waals surface area contributed by atoms with E-state index in [1.807, 2.05) is 6.20 Å². The third kappa shape index (κ3) is 4.81. The van der Waals surface area contributed by atoms with E-state index in [9.17, 15) is 4.79 Å². The number of carbonyl (C=O) groups excluding carboxylic acids is 1. The van der Waals surface area contributed by atoms with Crippen LogP contribution in [0.15, 0.2) is 12.4 Å². The van der Waals surface area contributed by atoms with E-state index < -0.39 is 0 Å². The van der Waals surface area contributed by atoms with Gasteiger partial charge in [0.2, 0.25) is 5.91 Å². The van der Waals surface area contributed by atoms with Crippen LogP contribution in [0, 0.1) is 0 Å². The molecule has 0 aromatic carbocycles. The van der Waals surface area contributed by atoms with Crippen molar-refractivity contribution in [2.75, 3.05) is 20.2 Å². The van der Waals surface area contributed by atoms with E-state index in [1.54, 1.807) is 13.3 Å². The van der Waals surface area contributed by atoms with Gasteiger partial charge in [-0.15, -0.1) is 12.4 Å². The lowest BCUT2D eigenvalue weighted by atomic mass is 10.1. The van der Waals surface area contributed by atoms with E-state index in [0.29, 0.717) is 6.42 Å². The molecule has 2 atom stereocenters. The Hall–Kier alpha value is -1.11. The van der Waals surface area contributed by atoms with Crippen molar-refractivity contribution in [2.45, 2.75) is 31.4 Å². The molecule has 6 nitrogen and oxygen atoms in total. The fourth-order valence-electron chi connectivity index (χ4n) is 2.19. The largest absolute Gasteiger partial charge is 0.378 e. The van der Waals surface area contributed by atoms with E-state index in [-0.39, 0.29) is 30.5 Å². The average Bonchev–Trinajstić information content (AvgIpc) is 3.00. The summed E-state index contributed by atoms with van der Waals surface area (Å²) < 4.78 is 5.30. The Bertz CT molecular complexity index is 372. The SMILES string of the molecule is CO[C@H]1CNC[C@@H]1NC(=O)CCCc1cn[nH]c1.Cl. The number of amides is 1. The number of nitrogens with zero attached hydrogens (tertiary/aromatic N) is 1. The summed E-state index contributed by atoms with van der Waals surface area (Å²) in [7, 11) is 1.68. The molecular formula is C12H21ClN4O2. The standard InChI is InChI=1S/C12H20N4O2.ClH/c1-18-11-8-13-7-10(11)16-12(17)4-2-3-9-5-14-15-6-9;/h5-6,10-11,13H,2-4,7-8H2,1H3,(H,14,15)(H,16,17);1H/t10-,11-;/m0./s1. The molecule has 2 heterocycles. The van der Waals surface area contributed by atoms with Crippen molar-refractivity contribution in [3.05, 3.63) is 18.0 Å². The van der Waals surface area contributed by atoms with E-state index in [2.05, 4.69) is 20.8 Å². The van der Waals surface area contributed by atoms with Gasteiger partial charge in [-0.25, -0.2) is 0 Å². The Morgan fingerprint density at radius 2 is 2.42 bits per heavy atom. The first-order valence-electron chi connectivity index (χ1n) is 6.30. The van der Waals surface area contributed by atoms with Gasteiger partial charge in [0.1, 0.15) is 0 Å². The van der Waals surface area contributed by atoms with E-state index in [0.717, 1.165) is 31.5 Å². The van der Waals surface area contributed by atoms with Crippen LogP contribution in [0.1, 0.15) is 18.4 Å². The van der Waals surface area contributed by atoms with Crippen molar-refractivity contribution >= 4 is 18.3 Å². The number of methoxy groups -OCH3 is 1. The van der Waals surface area contributed by atoms with Gasteiger partial charge in [0.15, 0.2) is 0 Å². The molecule has 0 spiro atoms. The maximum absolute atomic E-state index is 11.8.